The van der Waals surface area contributed by atoms with Gasteiger partial charge in [0.05, 0.1) is 17.2 Å². The van der Waals surface area contributed by atoms with Crippen molar-refractivity contribution in [3.63, 3.8) is 0 Å². The van der Waals surface area contributed by atoms with Gasteiger partial charge in [0.25, 0.3) is 0 Å². The molecule has 36 heavy (non-hydrogen) atoms. The highest BCUT2D eigenvalue weighted by Crippen LogP contribution is 2.39. The minimum absolute atomic E-state index is 0.249. The highest BCUT2D eigenvalue weighted by Gasteiger charge is 2.25. The predicted octanol–water partition coefficient (Wildman–Crippen LogP) is 6.58. The maximum Gasteiger partial charge on any atom is 0.220 e. The molecular weight excluding hydrogens is 523 g/mol. The van der Waals surface area contributed by atoms with Crippen LogP contribution in [0.15, 0.2) is 71.9 Å². The summed E-state index contributed by atoms with van der Waals surface area (Å²) in [5.74, 6) is 1.65. The lowest BCUT2D eigenvalue weighted by Gasteiger charge is -2.17. The molecule has 0 spiro atoms. The minimum atomic E-state index is -0.538. The van der Waals surface area contributed by atoms with Gasteiger partial charge in [0.15, 0.2) is 16.7 Å². The summed E-state index contributed by atoms with van der Waals surface area (Å²) in [4.78, 5) is 11.2. The highest BCUT2D eigenvalue weighted by molar-refractivity contribution is 7.99. The Morgan fingerprint density at radius 1 is 1.03 bits per heavy atom. The van der Waals surface area contributed by atoms with Crippen LogP contribution in [-0.2, 0) is 6.61 Å². The van der Waals surface area contributed by atoms with Gasteiger partial charge in [-0.2, -0.15) is 0 Å². The van der Waals surface area contributed by atoms with Crippen LogP contribution in [0.25, 0.3) is 5.69 Å². The molecule has 0 aliphatic heterocycles. The Labute approximate surface area is 222 Å². The number of thioether (sulfide) groups is 1. The van der Waals surface area contributed by atoms with Crippen molar-refractivity contribution in [2.24, 2.45) is 0 Å². The molecule has 0 bridgehead atoms. The number of nitrogens with zero attached hydrogens (tertiary/aromatic N) is 4. The van der Waals surface area contributed by atoms with Gasteiger partial charge in [-0.15, -0.1) is 10.2 Å². The van der Waals surface area contributed by atoms with Crippen LogP contribution < -0.4 is 9.47 Å². The number of halogens is 2. The number of rotatable bonds is 10. The van der Waals surface area contributed by atoms with Crippen LogP contribution in [0.3, 0.4) is 0 Å². The standard InChI is InChI=1S/C25H22Cl2N4O4S/c1-16-28-29-25(31(16)19-6-4-3-5-7-19)36-24(14-30(32)33)18-9-11-22(23(13-18)34-2)35-15-17-8-10-20(26)21(27)12-17/h3-13,24H,14-15H2,1-2H3/t24-/m1/s1. The summed E-state index contributed by atoms with van der Waals surface area (Å²) < 4.78 is 13.3. The van der Waals surface area contributed by atoms with Gasteiger partial charge in [-0.25, -0.2) is 0 Å². The summed E-state index contributed by atoms with van der Waals surface area (Å²) in [5.41, 5.74) is 2.43. The molecule has 0 saturated heterocycles. The molecule has 3 aromatic carbocycles. The van der Waals surface area contributed by atoms with Crippen LogP contribution >= 0.6 is 35.0 Å². The third-order valence-electron chi connectivity index (χ3n) is 5.31. The summed E-state index contributed by atoms with van der Waals surface area (Å²) >= 11 is 13.3. The summed E-state index contributed by atoms with van der Waals surface area (Å²) in [6, 6.07) is 20.2. The van der Waals surface area contributed by atoms with Gasteiger partial charge >= 0.3 is 0 Å². The van der Waals surface area contributed by atoms with Crippen LogP contribution in [0.1, 0.15) is 22.2 Å². The fourth-order valence-electron chi connectivity index (χ4n) is 3.56. The first-order chi connectivity index (χ1) is 17.4. The van der Waals surface area contributed by atoms with E-state index in [1.54, 1.807) is 30.3 Å². The van der Waals surface area contributed by atoms with E-state index in [-0.39, 0.29) is 18.1 Å². The number of para-hydroxylation sites is 1. The van der Waals surface area contributed by atoms with Crippen LogP contribution in [0, 0.1) is 17.0 Å². The molecule has 1 aromatic heterocycles. The molecule has 0 amide bonds. The van der Waals surface area contributed by atoms with Gasteiger partial charge in [-0.05, 0) is 54.4 Å². The van der Waals surface area contributed by atoms with Gasteiger partial charge < -0.3 is 9.47 Å². The quantitative estimate of drug-likeness (QED) is 0.126. The van der Waals surface area contributed by atoms with Crippen LogP contribution in [0.2, 0.25) is 10.0 Å². The molecule has 4 rings (SSSR count). The average Bonchev–Trinajstić information content (AvgIpc) is 3.24. The van der Waals surface area contributed by atoms with Gasteiger partial charge in [-0.3, -0.25) is 14.7 Å². The molecule has 0 fully saturated rings. The third kappa shape index (κ3) is 6.10. The molecule has 1 heterocycles. The monoisotopic (exact) mass is 544 g/mol. The lowest BCUT2D eigenvalue weighted by Crippen LogP contribution is -2.11. The molecule has 8 nitrogen and oxygen atoms in total. The first-order valence-electron chi connectivity index (χ1n) is 10.9. The van der Waals surface area contributed by atoms with E-state index < -0.39 is 5.25 Å². The van der Waals surface area contributed by atoms with E-state index in [1.165, 1.54) is 18.9 Å². The summed E-state index contributed by atoms with van der Waals surface area (Å²) in [5, 5.41) is 20.9. The molecule has 0 radical (unpaired) electrons. The fourth-order valence-corrected chi connectivity index (χ4v) is 5.05. The smallest absolute Gasteiger partial charge is 0.220 e. The molecule has 4 aromatic rings. The molecule has 0 saturated carbocycles. The number of methoxy groups -OCH3 is 1. The molecular formula is C25H22Cl2N4O4S. The van der Waals surface area contributed by atoms with Crippen molar-refractivity contribution in [1.82, 2.24) is 14.8 Å². The van der Waals surface area contributed by atoms with E-state index in [9.17, 15) is 10.1 Å². The number of nitro groups is 1. The lowest BCUT2D eigenvalue weighted by molar-refractivity contribution is -0.479. The van der Waals surface area contributed by atoms with E-state index in [2.05, 4.69) is 10.2 Å². The molecule has 0 unspecified atom stereocenters. The predicted molar refractivity (Wildman–Crippen MR) is 140 cm³/mol. The van der Waals surface area contributed by atoms with Crippen molar-refractivity contribution in [3.05, 3.63) is 104 Å². The highest BCUT2D eigenvalue weighted by atomic mass is 35.5. The van der Waals surface area contributed by atoms with Crippen molar-refractivity contribution in [2.75, 3.05) is 13.7 Å². The van der Waals surface area contributed by atoms with Crippen molar-refractivity contribution in [1.29, 1.82) is 0 Å². The second-order valence-electron chi connectivity index (χ2n) is 7.77. The first-order valence-corrected chi connectivity index (χ1v) is 12.5. The number of aromatic nitrogens is 3. The van der Waals surface area contributed by atoms with Gasteiger partial charge in [-0.1, -0.05) is 65.3 Å². The molecule has 1 atom stereocenters. The lowest BCUT2D eigenvalue weighted by atomic mass is 10.1. The maximum absolute atomic E-state index is 11.5. The second kappa shape index (κ2) is 11.6. The molecule has 186 valence electrons. The van der Waals surface area contributed by atoms with E-state index in [0.29, 0.717) is 38.1 Å². The Morgan fingerprint density at radius 3 is 2.50 bits per heavy atom. The Kier molecular flexibility index (Phi) is 8.35. The van der Waals surface area contributed by atoms with Gasteiger partial charge in [0.2, 0.25) is 6.54 Å². The average molecular weight is 545 g/mol. The Balaban J connectivity index is 1.59. The van der Waals surface area contributed by atoms with Crippen molar-refractivity contribution in [3.8, 4) is 17.2 Å². The largest absolute Gasteiger partial charge is 0.493 e. The summed E-state index contributed by atoms with van der Waals surface area (Å²) in [7, 11) is 1.52. The zero-order valence-corrected chi connectivity index (χ0v) is 21.8. The molecule has 11 heteroatoms. The number of aryl methyl sites for hydroxylation is 1. The SMILES string of the molecule is COc1cc([C@@H](C[N+](=O)[O-])Sc2nnc(C)n2-c2ccccc2)ccc1OCc1ccc(Cl)c(Cl)c1. The van der Waals surface area contributed by atoms with E-state index in [4.69, 9.17) is 32.7 Å². The zero-order chi connectivity index (χ0) is 25.7. The van der Waals surface area contributed by atoms with Crippen molar-refractivity contribution in [2.45, 2.75) is 23.9 Å². The summed E-state index contributed by atoms with van der Waals surface area (Å²) in [6.45, 7) is 1.78. The van der Waals surface area contributed by atoms with E-state index in [0.717, 1.165) is 11.3 Å². The van der Waals surface area contributed by atoms with E-state index in [1.807, 2.05) is 47.9 Å². The number of hydrogen-bond donors (Lipinski definition) is 0. The summed E-state index contributed by atoms with van der Waals surface area (Å²) in [6.07, 6.45) is 0. The Morgan fingerprint density at radius 2 is 1.81 bits per heavy atom. The van der Waals surface area contributed by atoms with Crippen LogP contribution in [-0.4, -0.2) is 33.3 Å². The van der Waals surface area contributed by atoms with Crippen molar-refractivity contribution < 1.29 is 14.4 Å². The van der Waals surface area contributed by atoms with Crippen molar-refractivity contribution >= 4 is 35.0 Å². The first kappa shape index (κ1) is 25.8. The Hall–Kier alpha value is -3.27. The minimum Gasteiger partial charge on any atom is -0.493 e. The normalized spacial score (nSPS) is 11.8. The zero-order valence-electron chi connectivity index (χ0n) is 19.4. The maximum atomic E-state index is 11.5. The number of ether oxygens (including phenoxy) is 2. The third-order valence-corrected chi connectivity index (χ3v) is 7.23. The van der Waals surface area contributed by atoms with Gasteiger partial charge in [0.1, 0.15) is 17.7 Å². The van der Waals surface area contributed by atoms with Crippen LogP contribution in [0.4, 0.5) is 0 Å². The Bertz CT molecular complexity index is 1370. The molecule has 0 aliphatic carbocycles. The van der Waals surface area contributed by atoms with Gasteiger partial charge in [0, 0.05) is 10.6 Å². The second-order valence-corrected chi connectivity index (χ2v) is 9.75. The van der Waals surface area contributed by atoms with E-state index >= 15 is 0 Å². The molecule has 0 aliphatic rings. The number of hydrogen-bond acceptors (Lipinski definition) is 7. The molecule has 0 N–H and O–H groups in total. The number of benzene rings is 3. The topological polar surface area (TPSA) is 92.3 Å². The van der Waals surface area contributed by atoms with Crippen LogP contribution in [0.5, 0.6) is 11.5 Å². The fraction of sp³-hybridized carbons (Fsp3) is 0.200.